The number of nitrogens with one attached hydrogen (secondary N) is 1. The quantitative estimate of drug-likeness (QED) is 0.640. The molecule has 0 spiro atoms. The maximum Gasteiger partial charge on any atom is 0.230 e. The van der Waals surface area contributed by atoms with Gasteiger partial charge in [-0.3, -0.25) is 9.59 Å². The van der Waals surface area contributed by atoms with E-state index in [0.29, 0.717) is 23.8 Å². The summed E-state index contributed by atoms with van der Waals surface area (Å²) in [4.78, 5) is 27.7. The molecule has 1 saturated heterocycles. The van der Waals surface area contributed by atoms with Crippen LogP contribution in [0.3, 0.4) is 0 Å². The molecule has 2 amide bonds. The minimum Gasteiger partial charge on any atom is -0.495 e. The summed E-state index contributed by atoms with van der Waals surface area (Å²) in [7, 11) is 1.58. The van der Waals surface area contributed by atoms with E-state index in [2.05, 4.69) is 5.32 Å². The maximum atomic E-state index is 13.3. The van der Waals surface area contributed by atoms with Crippen molar-refractivity contribution in [3.8, 4) is 11.4 Å². The van der Waals surface area contributed by atoms with Gasteiger partial charge in [0.25, 0.3) is 0 Å². The molecule has 0 radical (unpaired) electrons. The average Bonchev–Trinajstić information content (AvgIpc) is 3.49. The second-order valence-corrected chi connectivity index (χ2v) is 9.07. The molecular weight excluding hydrogens is 424 g/mol. The normalized spacial score (nSPS) is 17.5. The highest BCUT2D eigenvalue weighted by molar-refractivity contribution is 7.98. The SMILES string of the molecule is COc1ccccc1N1CC(C(=O)Nc2c3c(nn2-c2cccc(C)c2)CSC3)CC1=O. The molecule has 2 aliphatic rings. The summed E-state index contributed by atoms with van der Waals surface area (Å²) < 4.78 is 7.23. The number of carbonyl (C=O) groups is 2. The van der Waals surface area contributed by atoms with Crippen LogP contribution in [0.5, 0.6) is 5.75 Å². The first-order valence-corrected chi connectivity index (χ1v) is 11.7. The fourth-order valence-electron chi connectivity index (χ4n) is 4.28. The number of methoxy groups -OCH3 is 1. The van der Waals surface area contributed by atoms with Crippen LogP contribution >= 0.6 is 11.8 Å². The fraction of sp³-hybridized carbons (Fsp3) is 0.292. The first kappa shape index (κ1) is 20.6. The van der Waals surface area contributed by atoms with Gasteiger partial charge in [0, 0.05) is 30.0 Å². The number of amides is 2. The van der Waals surface area contributed by atoms with E-state index in [1.165, 1.54) is 0 Å². The number of para-hydroxylation sites is 2. The Hall–Kier alpha value is -3.26. The number of aromatic nitrogens is 2. The van der Waals surface area contributed by atoms with E-state index in [-0.39, 0.29) is 18.2 Å². The van der Waals surface area contributed by atoms with Gasteiger partial charge in [0.15, 0.2) is 0 Å². The van der Waals surface area contributed by atoms with Crippen molar-refractivity contribution >= 4 is 35.1 Å². The Kier molecular flexibility index (Phi) is 5.38. The van der Waals surface area contributed by atoms with Crippen LogP contribution in [0, 0.1) is 12.8 Å². The Balaban J connectivity index is 1.41. The first-order chi connectivity index (χ1) is 15.5. The number of carbonyl (C=O) groups excluding carboxylic acids is 2. The summed E-state index contributed by atoms with van der Waals surface area (Å²) in [5.74, 6) is 2.29. The molecule has 7 nitrogen and oxygen atoms in total. The lowest BCUT2D eigenvalue weighted by molar-refractivity contribution is -0.122. The van der Waals surface area contributed by atoms with Gasteiger partial charge in [-0.1, -0.05) is 24.3 Å². The van der Waals surface area contributed by atoms with Crippen molar-refractivity contribution in [2.75, 3.05) is 23.9 Å². The lowest BCUT2D eigenvalue weighted by Crippen LogP contribution is -2.29. The van der Waals surface area contributed by atoms with Crippen LogP contribution in [0.15, 0.2) is 48.5 Å². The van der Waals surface area contributed by atoms with E-state index >= 15 is 0 Å². The van der Waals surface area contributed by atoms with Crippen molar-refractivity contribution in [1.82, 2.24) is 9.78 Å². The standard InChI is InChI=1S/C24H24N4O3S/c1-15-6-5-7-17(10-15)28-23(18-13-32-14-19(18)26-28)25-24(30)16-11-22(29)27(12-16)20-8-3-4-9-21(20)31-2/h3-10,16H,11-14H2,1-2H3,(H,25,30). The van der Waals surface area contributed by atoms with E-state index in [1.54, 1.807) is 23.8 Å². The molecule has 1 aromatic heterocycles. The molecule has 0 saturated carbocycles. The van der Waals surface area contributed by atoms with Crippen molar-refractivity contribution in [2.24, 2.45) is 5.92 Å². The van der Waals surface area contributed by atoms with Crippen LogP contribution in [0.2, 0.25) is 0 Å². The summed E-state index contributed by atoms with van der Waals surface area (Å²) in [6.07, 6.45) is 0.166. The van der Waals surface area contributed by atoms with Crippen molar-refractivity contribution in [1.29, 1.82) is 0 Å². The highest BCUT2D eigenvalue weighted by Gasteiger charge is 2.37. The molecular formula is C24H24N4O3S. The van der Waals surface area contributed by atoms with Crippen LogP contribution in [-0.2, 0) is 21.1 Å². The van der Waals surface area contributed by atoms with E-state index in [9.17, 15) is 9.59 Å². The zero-order valence-electron chi connectivity index (χ0n) is 18.0. The Morgan fingerprint density at radius 3 is 2.84 bits per heavy atom. The van der Waals surface area contributed by atoms with Gasteiger partial charge in [0.2, 0.25) is 11.8 Å². The van der Waals surface area contributed by atoms with Crippen LogP contribution in [0.4, 0.5) is 11.5 Å². The van der Waals surface area contributed by atoms with Crippen LogP contribution < -0.4 is 15.0 Å². The maximum absolute atomic E-state index is 13.3. The third-order valence-corrected chi connectivity index (χ3v) is 6.88. The van der Waals surface area contributed by atoms with E-state index in [1.807, 2.05) is 60.1 Å². The van der Waals surface area contributed by atoms with E-state index in [4.69, 9.17) is 9.84 Å². The van der Waals surface area contributed by atoms with Gasteiger partial charge in [0.05, 0.1) is 30.1 Å². The average molecular weight is 449 g/mol. The summed E-state index contributed by atoms with van der Waals surface area (Å²) in [6.45, 7) is 2.35. The van der Waals surface area contributed by atoms with Crippen molar-refractivity contribution in [2.45, 2.75) is 24.9 Å². The summed E-state index contributed by atoms with van der Waals surface area (Å²) in [6, 6.07) is 15.4. The molecule has 3 aromatic rings. The van der Waals surface area contributed by atoms with Crippen molar-refractivity contribution in [3.05, 3.63) is 65.4 Å². The second-order valence-electron chi connectivity index (χ2n) is 8.08. The summed E-state index contributed by atoms with van der Waals surface area (Å²) in [5, 5.41) is 7.88. The Morgan fingerprint density at radius 1 is 1.19 bits per heavy atom. The van der Waals surface area contributed by atoms with E-state index < -0.39 is 5.92 Å². The van der Waals surface area contributed by atoms with Gasteiger partial charge in [-0.05, 0) is 36.8 Å². The third-order valence-electron chi connectivity index (χ3n) is 5.91. The number of aryl methyl sites for hydroxylation is 1. The number of rotatable bonds is 5. The number of hydrogen-bond acceptors (Lipinski definition) is 5. The molecule has 2 aliphatic heterocycles. The summed E-state index contributed by atoms with van der Waals surface area (Å²) >= 11 is 1.79. The van der Waals surface area contributed by atoms with Gasteiger partial charge in [-0.15, -0.1) is 0 Å². The molecule has 1 fully saturated rings. The minimum absolute atomic E-state index is 0.0809. The number of anilines is 2. The molecule has 32 heavy (non-hydrogen) atoms. The van der Waals surface area contributed by atoms with Gasteiger partial charge in [0.1, 0.15) is 11.6 Å². The number of thioether (sulfide) groups is 1. The summed E-state index contributed by atoms with van der Waals surface area (Å²) in [5.41, 5.74) is 4.80. The molecule has 164 valence electrons. The van der Waals surface area contributed by atoms with Crippen LogP contribution in [-0.4, -0.2) is 35.2 Å². The van der Waals surface area contributed by atoms with Gasteiger partial charge in [-0.25, -0.2) is 4.68 Å². The van der Waals surface area contributed by atoms with Crippen molar-refractivity contribution < 1.29 is 14.3 Å². The largest absolute Gasteiger partial charge is 0.495 e. The molecule has 1 atom stereocenters. The Labute approximate surface area is 190 Å². The highest BCUT2D eigenvalue weighted by Crippen LogP contribution is 2.37. The lowest BCUT2D eigenvalue weighted by atomic mass is 10.1. The predicted molar refractivity (Wildman–Crippen MR) is 125 cm³/mol. The molecule has 2 aromatic carbocycles. The first-order valence-electron chi connectivity index (χ1n) is 10.5. The number of ether oxygens (including phenoxy) is 1. The molecule has 1 N–H and O–H groups in total. The Morgan fingerprint density at radius 2 is 2.03 bits per heavy atom. The molecule has 1 unspecified atom stereocenters. The minimum atomic E-state index is -0.446. The molecule has 5 rings (SSSR count). The predicted octanol–water partition coefficient (Wildman–Crippen LogP) is 3.93. The molecule has 0 aliphatic carbocycles. The van der Waals surface area contributed by atoms with Gasteiger partial charge < -0.3 is 15.0 Å². The smallest absolute Gasteiger partial charge is 0.230 e. The monoisotopic (exact) mass is 448 g/mol. The number of fused-ring (bicyclic) bond motifs is 1. The molecule has 0 bridgehead atoms. The second kappa shape index (κ2) is 8.35. The van der Waals surface area contributed by atoms with Crippen molar-refractivity contribution in [3.63, 3.8) is 0 Å². The third kappa shape index (κ3) is 3.64. The molecule has 3 heterocycles. The number of hydrogen-bond donors (Lipinski definition) is 1. The zero-order valence-corrected chi connectivity index (χ0v) is 18.8. The number of nitrogens with zero attached hydrogens (tertiary/aromatic N) is 3. The zero-order chi connectivity index (χ0) is 22.2. The highest BCUT2D eigenvalue weighted by atomic mass is 32.2. The lowest BCUT2D eigenvalue weighted by Gasteiger charge is -2.19. The fourth-order valence-corrected chi connectivity index (χ4v) is 5.31. The van der Waals surface area contributed by atoms with E-state index in [0.717, 1.165) is 34.0 Å². The van der Waals surface area contributed by atoms with Gasteiger partial charge >= 0.3 is 0 Å². The van der Waals surface area contributed by atoms with Crippen LogP contribution in [0.25, 0.3) is 5.69 Å². The van der Waals surface area contributed by atoms with Crippen LogP contribution in [0.1, 0.15) is 23.2 Å². The Bertz CT molecular complexity index is 1210. The van der Waals surface area contributed by atoms with Gasteiger partial charge in [-0.2, -0.15) is 16.9 Å². The topological polar surface area (TPSA) is 76.5 Å². The number of benzene rings is 2. The molecule has 8 heteroatoms.